The molecular weight excluding hydrogens is 1340 g/mol. The SMILES string of the molecule is CCCCCCCCCCCCCCCCC(=O)OC[C@H](COP(=O)(O)OC[C@@H](O)COP(=O)(O)OC[C@@H](COC(=O)CCCCCCCCCCCCCCC)OC(=O)CCCCCCCCCCCCCCCC)OC(=O)CCCCCCCCCCCCCCCCCCCCC(C)CC. The van der Waals surface area contributed by atoms with Crippen molar-refractivity contribution in [1.29, 1.82) is 0 Å². The van der Waals surface area contributed by atoms with Crippen LogP contribution >= 0.6 is 15.6 Å². The fourth-order valence-corrected chi connectivity index (χ4v) is 14.7. The van der Waals surface area contributed by atoms with E-state index in [4.69, 9.17) is 37.0 Å². The summed E-state index contributed by atoms with van der Waals surface area (Å²) in [5.41, 5.74) is 0. The fraction of sp³-hybridized carbons (Fsp3) is 0.952. The van der Waals surface area contributed by atoms with Crippen molar-refractivity contribution in [2.75, 3.05) is 39.6 Å². The lowest BCUT2D eigenvalue weighted by atomic mass is 9.99. The number of phosphoric ester groups is 2. The van der Waals surface area contributed by atoms with Crippen LogP contribution in [-0.4, -0.2) is 96.7 Å². The number of ether oxygens (including phenoxy) is 4. The highest BCUT2D eigenvalue weighted by Gasteiger charge is 2.30. The van der Waals surface area contributed by atoms with Crippen molar-refractivity contribution in [3.63, 3.8) is 0 Å². The van der Waals surface area contributed by atoms with Gasteiger partial charge in [0.25, 0.3) is 0 Å². The van der Waals surface area contributed by atoms with Gasteiger partial charge in [0.05, 0.1) is 26.4 Å². The van der Waals surface area contributed by atoms with E-state index < -0.39 is 97.5 Å². The molecule has 612 valence electrons. The number of aliphatic hydroxyl groups is 1. The Labute approximate surface area is 632 Å². The van der Waals surface area contributed by atoms with E-state index in [0.29, 0.717) is 25.7 Å². The van der Waals surface area contributed by atoms with Crippen LogP contribution in [0.15, 0.2) is 0 Å². The highest BCUT2D eigenvalue weighted by molar-refractivity contribution is 7.47. The number of phosphoric acid groups is 2. The van der Waals surface area contributed by atoms with E-state index in [1.54, 1.807) is 0 Å². The third-order valence-electron chi connectivity index (χ3n) is 20.1. The van der Waals surface area contributed by atoms with Crippen LogP contribution in [0.2, 0.25) is 0 Å². The van der Waals surface area contributed by atoms with Crippen LogP contribution in [0.5, 0.6) is 0 Å². The largest absolute Gasteiger partial charge is 0.472 e. The van der Waals surface area contributed by atoms with Crippen molar-refractivity contribution in [2.24, 2.45) is 5.92 Å². The maximum Gasteiger partial charge on any atom is 0.472 e. The minimum atomic E-state index is -4.96. The molecule has 0 amide bonds. The molecule has 0 fully saturated rings. The third kappa shape index (κ3) is 76.6. The van der Waals surface area contributed by atoms with Gasteiger partial charge in [0, 0.05) is 25.7 Å². The lowest BCUT2D eigenvalue weighted by Crippen LogP contribution is -2.30. The molecule has 19 heteroatoms. The number of hydrogen-bond acceptors (Lipinski definition) is 15. The van der Waals surface area contributed by atoms with Gasteiger partial charge in [-0.2, -0.15) is 0 Å². The Morgan fingerprint density at radius 1 is 0.272 bits per heavy atom. The van der Waals surface area contributed by atoms with Gasteiger partial charge in [0.2, 0.25) is 0 Å². The van der Waals surface area contributed by atoms with E-state index in [2.05, 4.69) is 34.6 Å². The van der Waals surface area contributed by atoms with Gasteiger partial charge < -0.3 is 33.8 Å². The zero-order valence-corrected chi connectivity index (χ0v) is 69.3. The Morgan fingerprint density at radius 2 is 0.466 bits per heavy atom. The van der Waals surface area contributed by atoms with Crippen molar-refractivity contribution in [3.8, 4) is 0 Å². The van der Waals surface area contributed by atoms with E-state index in [1.807, 2.05) is 0 Å². The van der Waals surface area contributed by atoms with E-state index in [9.17, 15) is 43.2 Å². The monoisotopic (exact) mass is 1510 g/mol. The molecule has 0 bridgehead atoms. The third-order valence-corrected chi connectivity index (χ3v) is 22.0. The van der Waals surface area contributed by atoms with Gasteiger partial charge in [0.15, 0.2) is 12.2 Å². The van der Waals surface area contributed by atoms with Gasteiger partial charge in [-0.05, 0) is 31.6 Å². The van der Waals surface area contributed by atoms with Crippen molar-refractivity contribution in [2.45, 2.75) is 470 Å². The molecular formula is C84H164O17P2. The summed E-state index contributed by atoms with van der Waals surface area (Å²) in [4.78, 5) is 73.2. The second kappa shape index (κ2) is 76.8. The number of esters is 4. The Bertz CT molecular complexity index is 1960. The van der Waals surface area contributed by atoms with Crippen LogP contribution in [0.3, 0.4) is 0 Å². The van der Waals surface area contributed by atoms with Crippen LogP contribution in [-0.2, 0) is 65.4 Å². The number of unbranched alkanes of at least 4 members (excludes halogenated alkanes) is 55. The predicted molar refractivity (Wildman–Crippen MR) is 423 cm³/mol. The van der Waals surface area contributed by atoms with E-state index >= 15 is 0 Å². The molecule has 0 aliphatic heterocycles. The molecule has 0 saturated carbocycles. The number of carbonyl (C=O) groups is 4. The van der Waals surface area contributed by atoms with Crippen molar-refractivity contribution in [1.82, 2.24) is 0 Å². The first-order valence-electron chi connectivity index (χ1n) is 43.7. The fourth-order valence-electron chi connectivity index (χ4n) is 13.1. The Hall–Kier alpha value is -1.94. The average molecular weight is 1510 g/mol. The molecule has 3 unspecified atom stereocenters. The lowest BCUT2D eigenvalue weighted by molar-refractivity contribution is -0.161. The van der Waals surface area contributed by atoms with Gasteiger partial charge in [-0.1, -0.05) is 401 Å². The number of carbonyl (C=O) groups excluding carboxylic acids is 4. The zero-order valence-electron chi connectivity index (χ0n) is 67.5. The number of hydrogen-bond donors (Lipinski definition) is 3. The standard InChI is InChI=1S/C84H164O17P2/c1-6-10-13-16-19-22-25-28-38-43-48-53-58-63-68-82(87)95-74-80(101-84(89)70-65-60-55-50-45-40-35-33-31-30-32-34-37-41-46-51-56-61-66-77(5)9-4)76-99-103(92,93)97-72-78(85)71-96-102(90,91)98-75-79(73-94-81(86)67-62-57-52-47-42-36-27-24-21-18-15-12-8-3)100-83(88)69-64-59-54-49-44-39-29-26-23-20-17-14-11-7-2/h77-80,85H,6-76H2,1-5H3,(H,90,91)(H,92,93)/t77?,78-,79+,80+/m0/s1. The lowest BCUT2D eigenvalue weighted by Gasteiger charge is -2.21. The van der Waals surface area contributed by atoms with Gasteiger partial charge in [-0.25, -0.2) is 9.13 Å². The van der Waals surface area contributed by atoms with Crippen LogP contribution in [0, 0.1) is 5.92 Å². The molecule has 0 saturated heterocycles. The van der Waals surface area contributed by atoms with Crippen LogP contribution < -0.4 is 0 Å². The molecule has 0 aromatic rings. The summed E-state index contributed by atoms with van der Waals surface area (Å²) < 4.78 is 68.8. The minimum Gasteiger partial charge on any atom is -0.462 e. The Kier molecular flexibility index (Phi) is 75.4. The first kappa shape index (κ1) is 101. The molecule has 0 spiro atoms. The zero-order chi connectivity index (χ0) is 75.5. The van der Waals surface area contributed by atoms with E-state index in [-0.39, 0.29) is 25.7 Å². The van der Waals surface area contributed by atoms with Gasteiger partial charge in [0.1, 0.15) is 19.3 Å². The minimum absolute atomic E-state index is 0.109. The molecule has 0 aliphatic rings. The van der Waals surface area contributed by atoms with Crippen molar-refractivity contribution < 1.29 is 80.2 Å². The topological polar surface area (TPSA) is 237 Å². The molecule has 0 radical (unpaired) electrons. The highest BCUT2D eigenvalue weighted by Crippen LogP contribution is 2.45. The molecule has 3 N–H and O–H groups in total. The average Bonchev–Trinajstić information content (AvgIpc) is 0.918. The van der Waals surface area contributed by atoms with Crippen molar-refractivity contribution >= 4 is 39.5 Å². The van der Waals surface area contributed by atoms with Crippen LogP contribution in [0.25, 0.3) is 0 Å². The second-order valence-corrected chi connectivity index (χ2v) is 33.4. The first-order valence-corrected chi connectivity index (χ1v) is 46.7. The van der Waals surface area contributed by atoms with Crippen LogP contribution in [0.1, 0.15) is 452 Å². The molecule has 0 heterocycles. The summed E-state index contributed by atoms with van der Waals surface area (Å²) in [6, 6.07) is 0. The summed E-state index contributed by atoms with van der Waals surface area (Å²) >= 11 is 0. The molecule has 0 aliphatic carbocycles. The second-order valence-electron chi connectivity index (χ2n) is 30.5. The van der Waals surface area contributed by atoms with Crippen molar-refractivity contribution in [3.05, 3.63) is 0 Å². The Balaban J connectivity index is 5.23. The summed E-state index contributed by atoms with van der Waals surface area (Å²) in [5.74, 6) is -1.23. The maximum atomic E-state index is 13.1. The molecule has 103 heavy (non-hydrogen) atoms. The molecule has 0 aromatic carbocycles. The smallest absolute Gasteiger partial charge is 0.462 e. The first-order chi connectivity index (χ1) is 50.1. The summed E-state index contributed by atoms with van der Waals surface area (Å²) in [5, 5.41) is 10.7. The normalized spacial score (nSPS) is 14.1. The predicted octanol–water partition coefficient (Wildman–Crippen LogP) is 25.6. The summed E-state index contributed by atoms with van der Waals surface area (Å²) in [7, 11) is -9.92. The quantitative estimate of drug-likeness (QED) is 0.0222. The van der Waals surface area contributed by atoms with Crippen LogP contribution in [0.4, 0.5) is 0 Å². The molecule has 0 aromatic heterocycles. The van der Waals surface area contributed by atoms with Gasteiger partial charge in [-0.3, -0.25) is 37.3 Å². The number of aliphatic hydroxyl groups excluding tert-OH is 1. The van der Waals surface area contributed by atoms with Gasteiger partial charge in [-0.15, -0.1) is 0 Å². The summed E-state index contributed by atoms with van der Waals surface area (Å²) in [6.45, 7) is 7.43. The number of rotatable bonds is 84. The highest BCUT2D eigenvalue weighted by atomic mass is 31.2. The summed E-state index contributed by atoms with van der Waals surface area (Å²) in [6.07, 6.45) is 69.2. The molecule has 0 rings (SSSR count). The van der Waals surface area contributed by atoms with Gasteiger partial charge >= 0.3 is 39.5 Å². The van der Waals surface area contributed by atoms with E-state index in [1.165, 1.54) is 276 Å². The molecule has 17 nitrogen and oxygen atoms in total. The maximum absolute atomic E-state index is 13.1. The van der Waals surface area contributed by atoms with E-state index in [0.717, 1.165) is 95.8 Å². The Morgan fingerprint density at radius 3 is 0.689 bits per heavy atom. The molecule has 6 atom stereocenters.